The molecule has 0 bridgehead atoms. The summed E-state index contributed by atoms with van der Waals surface area (Å²) in [6.45, 7) is 0. The van der Waals surface area contributed by atoms with Crippen molar-refractivity contribution in [3.8, 4) is 0 Å². The molecule has 0 unspecified atom stereocenters. The first-order valence-electron chi connectivity index (χ1n) is 5.02. The van der Waals surface area contributed by atoms with Gasteiger partial charge in [-0.15, -0.1) is 0 Å². The Morgan fingerprint density at radius 2 is 1.50 bits per heavy atom. The van der Waals surface area contributed by atoms with Gasteiger partial charge in [-0.05, 0) is 34.4 Å². The average molecular weight is 214 g/mol. The summed E-state index contributed by atoms with van der Waals surface area (Å²) in [5.41, 5.74) is 0. The molecule has 0 aliphatic carbocycles. The van der Waals surface area contributed by atoms with E-state index >= 15 is 0 Å². The monoisotopic (exact) mass is 214 g/mol. The lowest BCUT2D eigenvalue weighted by atomic mass is 10.0. The molecule has 0 amide bonds. The minimum absolute atomic E-state index is 0.332. The van der Waals surface area contributed by atoms with Crippen molar-refractivity contribution in [2.45, 2.75) is 0 Å². The van der Waals surface area contributed by atoms with Crippen LogP contribution in [0.2, 0.25) is 0 Å². The van der Waals surface area contributed by atoms with Crippen LogP contribution >= 0.6 is 0 Å². The molecule has 0 spiro atoms. The molecular weight excluding hydrogens is 206 g/mol. The van der Waals surface area contributed by atoms with Crippen molar-refractivity contribution in [1.82, 2.24) is 0 Å². The lowest BCUT2D eigenvalue weighted by Gasteiger charge is -2.05. The van der Waals surface area contributed by atoms with Gasteiger partial charge in [-0.3, -0.25) is 0 Å². The minimum atomic E-state index is -0.415. The van der Waals surface area contributed by atoms with E-state index in [1.54, 1.807) is 6.07 Å². The Kier molecular flexibility index (Phi) is 1.90. The molecule has 0 aliphatic rings. The van der Waals surface area contributed by atoms with Gasteiger partial charge in [0.2, 0.25) is 0 Å². The molecule has 0 heterocycles. The third-order valence-corrected chi connectivity index (χ3v) is 2.77. The largest absolute Gasteiger partial charge is 0.207 e. The van der Waals surface area contributed by atoms with Crippen LogP contribution in [0.3, 0.4) is 0 Å². The van der Waals surface area contributed by atoms with E-state index < -0.39 is 5.82 Å². The van der Waals surface area contributed by atoms with Gasteiger partial charge in [-0.1, -0.05) is 30.3 Å². The lowest BCUT2D eigenvalue weighted by Crippen LogP contribution is -1.84. The fraction of sp³-hybridized carbons (Fsp3) is 0. The lowest BCUT2D eigenvalue weighted by molar-refractivity contribution is 0.622. The Labute approximate surface area is 91.1 Å². The molecule has 3 rings (SSSR count). The van der Waals surface area contributed by atoms with Gasteiger partial charge in [0.05, 0.1) is 0 Å². The quantitative estimate of drug-likeness (QED) is 0.490. The number of rotatable bonds is 0. The predicted octanol–water partition coefficient (Wildman–Crippen LogP) is 4.27. The van der Waals surface area contributed by atoms with E-state index in [1.165, 1.54) is 18.2 Å². The topological polar surface area (TPSA) is 0 Å². The molecule has 0 saturated carbocycles. The normalized spacial score (nSPS) is 11.1. The van der Waals surface area contributed by atoms with Crippen LogP contribution in [0.1, 0.15) is 0 Å². The smallest absolute Gasteiger partial charge is 0.131 e. The summed E-state index contributed by atoms with van der Waals surface area (Å²) >= 11 is 0. The van der Waals surface area contributed by atoms with Crippen molar-refractivity contribution in [2.24, 2.45) is 0 Å². The molecule has 0 aliphatic heterocycles. The van der Waals surface area contributed by atoms with Gasteiger partial charge in [0.15, 0.2) is 0 Å². The van der Waals surface area contributed by atoms with E-state index in [0.29, 0.717) is 5.39 Å². The second-order valence-electron chi connectivity index (χ2n) is 3.77. The van der Waals surface area contributed by atoms with Crippen LogP contribution in [-0.4, -0.2) is 0 Å². The Hall–Kier alpha value is -1.96. The standard InChI is InChI=1S/C14H8F2/c15-10-5-6-12-11-4-2-1-3-9(11)7-14(16)13(12)8-10/h1-8H. The molecule has 78 valence electrons. The molecule has 3 aromatic carbocycles. The van der Waals surface area contributed by atoms with Gasteiger partial charge in [0.25, 0.3) is 0 Å². The van der Waals surface area contributed by atoms with Crippen LogP contribution in [0.15, 0.2) is 48.5 Å². The van der Waals surface area contributed by atoms with Gasteiger partial charge in [-0.25, -0.2) is 8.78 Å². The first kappa shape index (κ1) is 9.28. The van der Waals surface area contributed by atoms with Crippen LogP contribution in [0.25, 0.3) is 21.5 Å². The van der Waals surface area contributed by atoms with Crippen molar-refractivity contribution in [1.29, 1.82) is 0 Å². The molecule has 2 heteroatoms. The molecule has 0 radical (unpaired) electrons. The van der Waals surface area contributed by atoms with Crippen LogP contribution in [-0.2, 0) is 0 Å². The summed E-state index contributed by atoms with van der Waals surface area (Å²) in [6.07, 6.45) is 0. The Bertz CT molecular complexity index is 687. The minimum Gasteiger partial charge on any atom is -0.207 e. The summed E-state index contributed by atoms with van der Waals surface area (Å²) in [5, 5.41) is 2.86. The van der Waals surface area contributed by atoms with E-state index in [9.17, 15) is 8.78 Å². The zero-order valence-electron chi connectivity index (χ0n) is 8.37. The number of halogens is 2. The summed E-state index contributed by atoms with van der Waals surface area (Å²) in [4.78, 5) is 0. The summed E-state index contributed by atoms with van der Waals surface area (Å²) < 4.78 is 26.8. The fourth-order valence-corrected chi connectivity index (χ4v) is 2.03. The van der Waals surface area contributed by atoms with Crippen molar-refractivity contribution in [3.63, 3.8) is 0 Å². The van der Waals surface area contributed by atoms with Crippen molar-refractivity contribution < 1.29 is 8.78 Å². The number of benzene rings is 3. The van der Waals surface area contributed by atoms with Gasteiger partial charge in [-0.2, -0.15) is 0 Å². The van der Waals surface area contributed by atoms with Crippen molar-refractivity contribution in [3.05, 3.63) is 60.2 Å². The van der Waals surface area contributed by atoms with Gasteiger partial charge >= 0.3 is 0 Å². The molecule has 0 nitrogen and oxygen atoms in total. The van der Waals surface area contributed by atoms with Gasteiger partial charge < -0.3 is 0 Å². The summed E-state index contributed by atoms with van der Waals surface area (Å²) in [7, 11) is 0. The highest BCUT2D eigenvalue weighted by Gasteiger charge is 2.06. The second kappa shape index (κ2) is 3.27. The zero-order valence-corrected chi connectivity index (χ0v) is 8.37. The van der Waals surface area contributed by atoms with E-state index in [4.69, 9.17) is 0 Å². The van der Waals surface area contributed by atoms with Crippen LogP contribution in [0.4, 0.5) is 8.78 Å². The molecule has 0 fully saturated rings. The Morgan fingerprint density at radius 1 is 0.688 bits per heavy atom. The van der Waals surface area contributed by atoms with Gasteiger partial charge in [0, 0.05) is 5.39 Å². The average Bonchev–Trinajstić information content (AvgIpc) is 2.29. The van der Waals surface area contributed by atoms with E-state index in [1.807, 2.05) is 24.3 Å². The Balaban J connectivity index is 2.59. The van der Waals surface area contributed by atoms with Crippen LogP contribution < -0.4 is 0 Å². The first-order chi connectivity index (χ1) is 7.75. The maximum atomic E-state index is 13.7. The van der Waals surface area contributed by atoms with E-state index in [-0.39, 0.29) is 5.82 Å². The SMILES string of the molecule is Fc1ccc2c(c1)c(F)cc1ccccc12. The summed E-state index contributed by atoms with van der Waals surface area (Å²) in [6, 6.07) is 13.2. The molecule has 3 aromatic rings. The van der Waals surface area contributed by atoms with E-state index in [0.717, 1.165) is 16.2 Å². The number of hydrogen-bond acceptors (Lipinski definition) is 0. The molecule has 0 saturated heterocycles. The van der Waals surface area contributed by atoms with Crippen molar-refractivity contribution in [2.75, 3.05) is 0 Å². The third kappa shape index (κ3) is 1.27. The van der Waals surface area contributed by atoms with Crippen LogP contribution in [0.5, 0.6) is 0 Å². The highest BCUT2D eigenvalue weighted by Crippen LogP contribution is 2.28. The van der Waals surface area contributed by atoms with Crippen molar-refractivity contribution >= 4 is 21.5 Å². The molecular formula is C14H8F2. The first-order valence-corrected chi connectivity index (χ1v) is 5.02. The maximum Gasteiger partial charge on any atom is 0.131 e. The van der Waals surface area contributed by atoms with Crippen LogP contribution in [0, 0.1) is 11.6 Å². The Morgan fingerprint density at radius 3 is 2.38 bits per heavy atom. The maximum absolute atomic E-state index is 13.7. The fourth-order valence-electron chi connectivity index (χ4n) is 2.03. The molecule has 0 atom stereocenters. The zero-order chi connectivity index (χ0) is 11.1. The molecule has 16 heavy (non-hydrogen) atoms. The molecule has 0 N–H and O–H groups in total. The summed E-state index contributed by atoms with van der Waals surface area (Å²) in [5.74, 6) is -0.796. The van der Waals surface area contributed by atoms with E-state index in [2.05, 4.69) is 0 Å². The highest BCUT2D eigenvalue weighted by molar-refractivity contribution is 6.07. The highest BCUT2D eigenvalue weighted by atomic mass is 19.1. The molecule has 0 aromatic heterocycles. The third-order valence-electron chi connectivity index (χ3n) is 2.77. The second-order valence-corrected chi connectivity index (χ2v) is 3.77. The number of fused-ring (bicyclic) bond motifs is 3. The predicted molar refractivity (Wildman–Crippen MR) is 61.4 cm³/mol. The number of hydrogen-bond donors (Lipinski definition) is 0. The van der Waals surface area contributed by atoms with Gasteiger partial charge in [0.1, 0.15) is 11.6 Å².